The number of carbonyl (C=O) groups is 1. The number of hydrogen-bond donors (Lipinski definition) is 1. The molecule has 2 aromatic rings. The van der Waals surface area contributed by atoms with Crippen molar-refractivity contribution < 1.29 is 26.4 Å². The van der Waals surface area contributed by atoms with Gasteiger partial charge in [0, 0.05) is 0 Å². The van der Waals surface area contributed by atoms with Gasteiger partial charge in [-0.2, -0.15) is 13.2 Å². The van der Waals surface area contributed by atoms with Crippen molar-refractivity contribution in [2.24, 2.45) is 5.14 Å². The molecule has 1 saturated heterocycles. The summed E-state index contributed by atoms with van der Waals surface area (Å²) in [4.78, 5) is 13.8. The Bertz CT molecular complexity index is 1130. The molecule has 0 radical (unpaired) electrons. The summed E-state index contributed by atoms with van der Waals surface area (Å²) in [5.41, 5.74) is -0.514. The zero-order valence-electron chi connectivity index (χ0n) is 14.5. The molecular weight excluding hydrogens is 445 g/mol. The number of thiocarbonyl (C=S) groups is 1. The Balaban J connectivity index is 1.89. The molecule has 0 atom stereocenters. The highest BCUT2D eigenvalue weighted by Gasteiger charge is 2.36. The van der Waals surface area contributed by atoms with Crippen LogP contribution in [0.5, 0.6) is 0 Å². The fourth-order valence-corrected chi connectivity index (χ4v) is 4.50. The number of halogens is 3. The summed E-state index contributed by atoms with van der Waals surface area (Å²) in [5.74, 6) is -0.557. The average molecular weight is 459 g/mol. The predicted octanol–water partition coefficient (Wildman–Crippen LogP) is 3.75. The maximum absolute atomic E-state index is 13.2. The molecule has 5 nitrogen and oxygen atoms in total. The molecule has 1 aliphatic heterocycles. The Hall–Kier alpha value is -2.21. The van der Waals surface area contributed by atoms with Gasteiger partial charge in [0.25, 0.3) is 5.91 Å². The van der Waals surface area contributed by atoms with Gasteiger partial charge in [-0.1, -0.05) is 54.3 Å². The Morgan fingerprint density at radius 2 is 1.83 bits per heavy atom. The highest BCUT2D eigenvalue weighted by molar-refractivity contribution is 8.26. The minimum Gasteiger partial charge on any atom is -0.288 e. The van der Waals surface area contributed by atoms with Crippen LogP contribution < -0.4 is 5.14 Å². The number of amides is 1. The molecule has 0 saturated carbocycles. The van der Waals surface area contributed by atoms with E-state index in [0.29, 0.717) is 5.56 Å². The van der Waals surface area contributed by atoms with E-state index in [1.165, 1.54) is 42.5 Å². The van der Waals surface area contributed by atoms with Crippen LogP contribution in [0, 0.1) is 0 Å². The quantitative estimate of drug-likeness (QED) is 0.558. The van der Waals surface area contributed by atoms with Crippen molar-refractivity contribution in [1.29, 1.82) is 0 Å². The van der Waals surface area contributed by atoms with E-state index < -0.39 is 27.7 Å². The van der Waals surface area contributed by atoms with Crippen molar-refractivity contribution in [2.45, 2.75) is 17.6 Å². The van der Waals surface area contributed by atoms with Gasteiger partial charge in [-0.05, 0) is 35.4 Å². The Kier molecular flexibility index (Phi) is 5.86. The molecule has 0 aliphatic carbocycles. The van der Waals surface area contributed by atoms with Crippen LogP contribution in [0.4, 0.5) is 13.2 Å². The van der Waals surface area contributed by atoms with Crippen LogP contribution in [-0.2, 0) is 27.5 Å². The summed E-state index contributed by atoms with van der Waals surface area (Å²) in [6, 6.07) is 10.6. The first kappa shape index (κ1) is 21.5. The van der Waals surface area contributed by atoms with E-state index in [-0.39, 0.29) is 26.2 Å². The molecular formula is C18H13F3N2O3S3. The Labute approximate surface area is 174 Å². The van der Waals surface area contributed by atoms with Crippen molar-refractivity contribution >= 4 is 50.3 Å². The normalized spacial score (nSPS) is 16.7. The summed E-state index contributed by atoms with van der Waals surface area (Å²) in [5, 5.41) is 5.10. The predicted molar refractivity (Wildman–Crippen MR) is 108 cm³/mol. The molecule has 1 amide bonds. The van der Waals surface area contributed by atoms with Gasteiger partial charge >= 0.3 is 6.18 Å². The van der Waals surface area contributed by atoms with Gasteiger partial charge in [-0.15, -0.1) is 0 Å². The molecule has 0 aromatic heterocycles. The lowest BCUT2D eigenvalue weighted by molar-refractivity contribution is -0.138. The summed E-state index contributed by atoms with van der Waals surface area (Å²) in [6.45, 7) is -0.324. The van der Waals surface area contributed by atoms with E-state index in [0.717, 1.165) is 22.7 Å². The molecule has 0 unspecified atom stereocenters. The highest BCUT2D eigenvalue weighted by atomic mass is 32.2. The molecule has 2 N–H and O–H groups in total. The van der Waals surface area contributed by atoms with Gasteiger partial charge < -0.3 is 0 Å². The largest absolute Gasteiger partial charge is 0.416 e. The Morgan fingerprint density at radius 1 is 1.14 bits per heavy atom. The van der Waals surface area contributed by atoms with E-state index in [1.807, 2.05) is 0 Å². The lowest BCUT2D eigenvalue weighted by atomic mass is 10.1. The van der Waals surface area contributed by atoms with Crippen molar-refractivity contribution in [3.05, 3.63) is 70.1 Å². The fraction of sp³-hybridized carbons (Fsp3) is 0.111. The first-order chi connectivity index (χ1) is 13.5. The number of nitrogens with zero attached hydrogens (tertiary/aromatic N) is 1. The van der Waals surface area contributed by atoms with Crippen LogP contribution in [0.25, 0.3) is 6.08 Å². The highest BCUT2D eigenvalue weighted by Crippen LogP contribution is 2.37. The maximum atomic E-state index is 13.2. The molecule has 2 aromatic carbocycles. The summed E-state index contributed by atoms with van der Waals surface area (Å²) in [6.07, 6.45) is -3.13. The second kappa shape index (κ2) is 7.90. The molecule has 1 aliphatic rings. The number of alkyl halides is 3. The first-order valence-electron chi connectivity index (χ1n) is 8.00. The van der Waals surface area contributed by atoms with Crippen LogP contribution >= 0.6 is 24.0 Å². The minimum absolute atomic E-state index is 0.0752. The van der Waals surface area contributed by atoms with E-state index in [2.05, 4.69) is 0 Å². The third-order valence-corrected chi connectivity index (χ3v) is 6.30. The average Bonchev–Trinajstić information content (AvgIpc) is 2.88. The van der Waals surface area contributed by atoms with Crippen molar-refractivity contribution in [2.75, 3.05) is 0 Å². The number of thioether (sulfide) groups is 1. The molecule has 3 rings (SSSR count). The smallest absolute Gasteiger partial charge is 0.288 e. The fourth-order valence-electron chi connectivity index (χ4n) is 2.67. The van der Waals surface area contributed by atoms with Crippen molar-refractivity contribution in [3.8, 4) is 0 Å². The van der Waals surface area contributed by atoms with Gasteiger partial charge in [0.1, 0.15) is 4.32 Å². The summed E-state index contributed by atoms with van der Waals surface area (Å²) >= 11 is 6.09. The van der Waals surface area contributed by atoms with E-state index in [1.54, 1.807) is 6.07 Å². The number of nitrogens with two attached hydrogens (primary N) is 1. The minimum atomic E-state index is -4.55. The molecule has 11 heteroatoms. The van der Waals surface area contributed by atoms with E-state index >= 15 is 0 Å². The number of sulfonamides is 1. The topological polar surface area (TPSA) is 80.5 Å². The zero-order valence-corrected chi connectivity index (χ0v) is 17.0. The van der Waals surface area contributed by atoms with Gasteiger partial charge in [-0.3, -0.25) is 9.69 Å². The monoisotopic (exact) mass is 458 g/mol. The lowest BCUT2D eigenvalue weighted by Crippen LogP contribution is -2.28. The van der Waals surface area contributed by atoms with Crippen LogP contribution in [0.1, 0.15) is 16.7 Å². The SMILES string of the molecule is NS(=O)(=O)c1cccc(/C=C2\SC(=S)N(Cc3ccccc3C(F)(F)F)C2=O)c1. The van der Waals surface area contributed by atoms with E-state index in [4.69, 9.17) is 17.4 Å². The zero-order chi connectivity index (χ0) is 21.4. The van der Waals surface area contributed by atoms with Gasteiger partial charge in [0.05, 0.1) is 21.9 Å². The molecule has 0 spiro atoms. The van der Waals surface area contributed by atoms with Gasteiger partial charge in [0.2, 0.25) is 10.0 Å². The molecule has 152 valence electrons. The van der Waals surface area contributed by atoms with Gasteiger partial charge in [0.15, 0.2) is 0 Å². The number of rotatable bonds is 4. The first-order valence-corrected chi connectivity index (χ1v) is 10.8. The summed E-state index contributed by atoms with van der Waals surface area (Å²) < 4.78 is 62.7. The lowest BCUT2D eigenvalue weighted by Gasteiger charge is -2.18. The van der Waals surface area contributed by atoms with Crippen LogP contribution in [-0.4, -0.2) is 23.5 Å². The number of benzene rings is 2. The molecule has 29 heavy (non-hydrogen) atoms. The third-order valence-electron chi connectivity index (χ3n) is 4.01. The van der Waals surface area contributed by atoms with Crippen LogP contribution in [0.2, 0.25) is 0 Å². The summed E-state index contributed by atoms with van der Waals surface area (Å²) in [7, 11) is -3.92. The number of hydrogen-bond acceptors (Lipinski definition) is 5. The standard InChI is InChI=1S/C18H13F3N2O3S3/c19-18(20,21)14-7-2-1-5-12(14)10-23-16(24)15(28-17(23)27)9-11-4-3-6-13(8-11)29(22,25)26/h1-9H,10H2,(H2,22,25,26)/b15-9-. The number of primary sulfonamides is 1. The maximum Gasteiger partial charge on any atom is 0.416 e. The molecule has 1 fully saturated rings. The van der Waals surface area contributed by atoms with Crippen molar-refractivity contribution in [1.82, 2.24) is 4.90 Å². The number of carbonyl (C=O) groups excluding carboxylic acids is 1. The van der Waals surface area contributed by atoms with E-state index in [9.17, 15) is 26.4 Å². The second-order valence-corrected chi connectivity index (χ2v) is 9.28. The van der Waals surface area contributed by atoms with Crippen LogP contribution in [0.3, 0.4) is 0 Å². The second-order valence-electron chi connectivity index (χ2n) is 6.04. The molecule has 1 heterocycles. The van der Waals surface area contributed by atoms with Crippen molar-refractivity contribution in [3.63, 3.8) is 0 Å². The molecule has 0 bridgehead atoms. The van der Waals surface area contributed by atoms with Crippen LogP contribution in [0.15, 0.2) is 58.3 Å². The Morgan fingerprint density at radius 3 is 2.48 bits per heavy atom. The van der Waals surface area contributed by atoms with Gasteiger partial charge in [-0.25, -0.2) is 13.6 Å². The third kappa shape index (κ3) is 4.86.